The molecule has 0 aliphatic carbocycles. The number of ketones is 1. The van der Waals surface area contributed by atoms with Crippen molar-refractivity contribution < 1.29 is 19.4 Å². The zero-order valence-corrected chi connectivity index (χ0v) is 12.9. The van der Waals surface area contributed by atoms with Crippen LogP contribution < -0.4 is 0 Å². The Morgan fingerprint density at radius 3 is 2.89 bits per heavy atom. The number of hydrogen-bond acceptors (Lipinski definition) is 6. The van der Waals surface area contributed by atoms with Gasteiger partial charge in [-0.15, -0.1) is 0 Å². The average molecular weight is 306 g/mol. The highest BCUT2D eigenvalue weighted by molar-refractivity contribution is 7.99. The van der Waals surface area contributed by atoms with Crippen molar-refractivity contribution in [3.05, 3.63) is 0 Å². The average Bonchev–Trinajstić information content (AvgIpc) is 2.45. The first kappa shape index (κ1) is 15.6. The van der Waals surface area contributed by atoms with Gasteiger partial charge in [0.1, 0.15) is 12.6 Å². The number of carbonyl (C=O) groups excluding carboxylic acids is 1. The van der Waals surface area contributed by atoms with Crippen LogP contribution in [0.4, 0.5) is 0 Å². The number of methoxy groups -OCH3 is 1. The van der Waals surface area contributed by atoms with Crippen LogP contribution in [0.2, 0.25) is 0 Å². The summed E-state index contributed by atoms with van der Waals surface area (Å²) < 4.78 is 10.6. The molecular formula is C13H22O4S2. The quantitative estimate of drug-likeness (QED) is 0.775. The van der Waals surface area contributed by atoms with Crippen LogP contribution in [-0.4, -0.2) is 60.0 Å². The lowest BCUT2D eigenvalue weighted by Crippen LogP contribution is -2.46. The van der Waals surface area contributed by atoms with E-state index in [4.69, 9.17) is 9.47 Å². The van der Waals surface area contributed by atoms with E-state index in [1.54, 1.807) is 18.9 Å². The molecule has 0 unspecified atom stereocenters. The van der Waals surface area contributed by atoms with Crippen LogP contribution in [0.1, 0.15) is 12.8 Å². The first-order chi connectivity index (χ1) is 9.24. The molecule has 2 heterocycles. The molecule has 110 valence electrons. The molecule has 1 N–H and O–H groups in total. The van der Waals surface area contributed by atoms with Crippen molar-refractivity contribution >= 4 is 29.3 Å². The molecule has 4 nitrogen and oxygen atoms in total. The van der Waals surface area contributed by atoms with Crippen molar-refractivity contribution in [2.75, 3.05) is 36.9 Å². The van der Waals surface area contributed by atoms with Gasteiger partial charge in [-0.1, -0.05) is 0 Å². The number of aliphatic hydroxyl groups is 1. The van der Waals surface area contributed by atoms with Crippen molar-refractivity contribution in [3.8, 4) is 0 Å². The summed E-state index contributed by atoms with van der Waals surface area (Å²) in [4.78, 5) is 12.0. The summed E-state index contributed by atoms with van der Waals surface area (Å²) in [6.45, 7) is 0.256. The Morgan fingerprint density at radius 1 is 1.37 bits per heavy atom. The minimum Gasteiger partial charge on any atom is -0.392 e. The molecule has 0 radical (unpaired) electrons. The Hall–Kier alpha value is 0.250. The van der Waals surface area contributed by atoms with Gasteiger partial charge in [-0.05, 0) is 12.2 Å². The van der Waals surface area contributed by atoms with Gasteiger partial charge < -0.3 is 14.6 Å². The smallest absolute Gasteiger partial charge is 0.146 e. The zero-order valence-electron chi connectivity index (χ0n) is 11.2. The van der Waals surface area contributed by atoms with Crippen LogP contribution in [-0.2, 0) is 14.3 Å². The molecule has 0 aromatic heterocycles. The maximum absolute atomic E-state index is 12.0. The van der Waals surface area contributed by atoms with E-state index < -0.39 is 6.10 Å². The molecular weight excluding hydrogens is 284 g/mol. The Labute approximate surface area is 123 Å². The normalized spacial score (nSPS) is 34.2. The second kappa shape index (κ2) is 7.88. The van der Waals surface area contributed by atoms with Crippen LogP contribution in [0, 0.1) is 11.8 Å². The van der Waals surface area contributed by atoms with Crippen LogP contribution in [0.3, 0.4) is 0 Å². The maximum atomic E-state index is 12.0. The Bertz CT molecular complexity index is 300. The van der Waals surface area contributed by atoms with Gasteiger partial charge in [-0.25, -0.2) is 0 Å². The van der Waals surface area contributed by atoms with E-state index in [0.29, 0.717) is 6.42 Å². The van der Waals surface area contributed by atoms with E-state index in [1.807, 2.05) is 11.8 Å². The first-order valence-electron chi connectivity index (χ1n) is 6.71. The topological polar surface area (TPSA) is 55.8 Å². The van der Waals surface area contributed by atoms with E-state index >= 15 is 0 Å². The predicted molar refractivity (Wildman–Crippen MR) is 78.6 cm³/mol. The number of aliphatic hydroxyl groups excluding tert-OH is 1. The largest absolute Gasteiger partial charge is 0.392 e. The summed E-state index contributed by atoms with van der Waals surface area (Å²) in [5.74, 6) is 3.60. The van der Waals surface area contributed by atoms with E-state index in [9.17, 15) is 9.90 Å². The summed E-state index contributed by atoms with van der Waals surface area (Å²) in [6.07, 6.45) is 0.950. The van der Waals surface area contributed by atoms with Crippen molar-refractivity contribution in [2.24, 2.45) is 11.8 Å². The summed E-state index contributed by atoms with van der Waals surface area (Å²) in [7, 11) is 1.60. The van der Waals surface area contributed by atoms with Gasteiger partial charge in [0.25, 0.3) is 0 Å². The molecule has 2 aliphatic rings. The highest BCUT2D eigenvalue weighted by atomic mass is 32.2. The van der Waals surface area contributed by atoms with Gasteiger partial charge in [0.2, 0.25) is 0 Å². The van der Waals surface area contributed by atoms with Gasteiger partial charge in [-0.3, -0.25) is 4.79 Å². The lowest BCUT2D eigenvalue weighted by molar-refractivity contribution is -0.133. The minimum atomic E-state index is -0.574. The molecule has 0 saturated carbocycles. The summed E-state index contributed by atoms with van der Waals surface area (Å²) in [6, 6.07) is 0. The van der Waals surface area contributed by atoms with Crippen molar-refractivity contribution in [2.45, 2.75) is 25.0 Å². The lowest BCUT2D eigenvalue weighted by atomic mass is 9.84. The molecule has 0 bridgehead atoms. The summed E-state index contributed by atoms with van der Waals surface area (Å²) in [5.41, 5.74) is 0. The third-order valence-corrected chi connectivity index (χ3v) is 6.02. The molecule has 0 aromatic carbocycles. The van der Waals surface area contributed by atoms with Crippen LogP contribution in [0.5, 0.6) is 0 Å². The molecule has 2 saturated heterocycles. The highest BCUT2D eigenvalue weighted by Gasteiger charge is 2.39. The minimum absolute atomic E-state index is 0.0101. The fraction of sp³-hybridized carbons (Fsp3) is 0.923. The van der Waals surface area contributed by atoms with E-state index in [0.717, 1.165) is 29.4 Å². The molecule has 2 fully saturated rings. The van der Waals surface area contributed by atoms with Crippen LogP contribution in [0.25, 0.3) is 0 Å². The molecule has 0 amide bonds. The number of rotatable bonds is 5. The second-order valence-electron chi connectivity index (χ2n) is 5.03. The monoisotopic (exact) mass is 306 g/mol. The SMILES string of the molecule is COCO[C@@H]1CCSC[C@@H]1[C@@H](O)[C@H]1CSCCC1=O. The van der Waals surface area contributed by atoms with Gasteiger partial charge in [0, 0.05) is 36.7 Å². The summed E-state index contributed by atoms with van der Waals surface area (Å²) >= 11 is 3.60. The molecule has 4 atom stereocenters. The van der Waals surface area contributed by atoms with E-state index in [-0.39, 0.29) is 30.5 Å². The number of thioether (sulfide) groups is 2. The van der Waals surface area contributed by atoms with Crippen LogP contribution in [0.15, 0.2) is 0 Å². The fourth-order valence-corrected chi connectivity index (χ4v) is 5.07. The fourth-order valence-electron chi connectivity index (χ4n) is 2.67. The Kier molecular flexibility index (Phi) is 6.49. The third kappa shape index (κ3) is 4.11. The third-order valence-electron chi connectivity index (χ3n) is 3.79. The molecule has 6 heteroatoms. The molecule has 0 aromatic rings. The standard InChI is InChI=1S/C13H22O4S2/c1-16-8-17-12-3-5-19-7-10(12)13(15)9-6-18-4-2-11(9)14/h9-10,12-13,15H,2-8H2,1H3/t9-,10-,12+,13-/m0/s1. The Morgan fingerprint density at radius 2 is 2.16 bits per heavy atom. The Balaban J connectivity index is 1.97. The lowest BCUT2D eigenvalue weighted by Gasteiger charge is -2.37. The second-order valence-corrected chi connectivity index (χ2v) is 7.33. The van der Waals surface area contributed by atoms with Gasteiger partial charge in [0.15, 0.2) is 0 Å². The number of Topliss-reactive ketones (excluding diaryl/α,β-unsaturated/α-hetero) is 1. The first-order valence-corrected chi connectivity index (χ1v) is 9.01. The molecule has 2 rings (SSSR count). The van der Waals surface area contributed by atoms with E-state index in [2.05, 4.69) is 0 Å². The van der Waals surface area contributed by atoms with E-state index in [1.165, 1.54) is 0 Å². The number of carbonyl (C=O) groups is 1. The number of ether oxygens (including phenoxy) is 2. The molecule has 19 heavy (non-hydrogen) atoms. The van der Waals surface area contributed by atoms with Crippen molar-refractivity contribution in [1.82, 2.24) is 0 Å². The number of hydrogen-bond donors (Lipinski definition) is 1. The van der Waals surface area contributed by atoms with Crippen molar-refractivity contribution in [3.63, 3.8) is 0 Å². The van der Waals surface area contributed by atoms with Gasteiger partial charge in [0.05, 0.1) is 18.1 Å². The zero-order chi connectivity index (χ0) is 13.7. The molecule has 2 aliphatic heterocycles. The van der Waals surface area contributed by atoms with Crippen molar-refractivity contribution in [1.29, 1.82) is 0 Å². The van der Waals surface area contributed by atoms with Gasteiger partial charge >= 0.3 is 0 Å². The summed E-state index contributed by atoms with van der Waals surface area (Å²) in [5, 5.41) is 10.6. The van der Waals surface area contributed by atoms with Crippen LogP contribution >= 0.6 is 23.5 Å². The predicted octanol–water partition coefficient (Wildman–Crippen LogP) is 1.41. The highest BCUT2D eigenvalue weighted by Crippen LogP contribution is 2.34. The maximum Gasteiger partial charge on any atom is 0.146 e. The molecule has 0 spiro atoms. The van der Waals surface area contributed by atoms with Gasteiger partial charge in [-0.2, -0.15) is 23.5 Å².